The molecule has 8 nitrogen and oxygen atoms in total. The molecule has 0 aromatic rings. The summed E-state index contributed by atoms with van der Waals surface area (Å²) < 4.78 is 0. The average Bonchev–Trinajstić information content (AvgIpc) is 2.45. The molecule has 2 saturated carbocycles. The minimum Gasteiger partial charge on any atom is -0.481 e. The largest absolute Gasteiger partial charge is 0.481 e. The minimum atomic E-state index is -1.31. The number of hydrogen-bond acceptors (Lipinski definition) is 6. The van der Waals surface area contributed by atoms with E-state index in [0.29, 0.717) is 0 Å². The van der Waals surface area contributed by atoms with Crippen molar-refractivity contribution in [2.24, 2.45) is 22.9 Å². The summed E-state index contributed by atoms with van der Waals surface area (Å²) in [5.41, 5.74) is 22.4. The quantitative estimate of drug-likeness (QED) is 0.174. The van der Waals surface area contributed by atoms with E-state index < -0.39 is 18.4 Å². The first-order valence-electron chi connectivity index (χ1n) is 7.91. The maximum Gasteiger partial charge on any atom is 0.314 e. The third-order valence-corrected chi connectivity index (χ3v) is 3.72. The maximum atomic E-state index is 9.43. The van der Waals surface area contributed by atoms with E-state index in [2.05, 4.69) is 0 Å². The first-order chi connectivity index (χ1) is 10.7. The van der Waals surface area contributed by atoms with Crippen LogP contribution < -0.4 is 22.9 Å². The zero-order valence-electron chi connectivity index (χ0n) is 14.2. The Labute approximate surface area is 178 Å². The van der Waals surface area contributed by atoms with Gasteiger partial charge in [-0.3, -0.25) is 9.59 Å². The van der Waals surface area contributed by atoms with Gasteiger partial charge in [-0.15, -0.1) is 12.1 Å². The van der Waals surface area contributed by atoms with E-state index in [-0.39, 0.29) is 54.2 Å². The second-order valence-corrected chi connectivity index (χ2v) is 5.82. The Balaban J connectivity index is -0.000000280. The average molecular weight is 721 g/mol. The normalized spacial score (nSPS) is 23.4. The van der Waals surface area contributed by atoms with Crippen LogP contribution in [0.3, 0.4) is 0 Å². The Hall–Kier alpha value is 0.157. The van der Waals surface area contributed by atoms with E-state index in [1.54, 1.807) is 0 Å². The van der Waals surface area contributed by atoms with Gasteiger partial charge in [-0.1, -0.05) is 38.5 Å². The predicted molar refractivity (Wildman–Crippen MR) is 87.6 cm³/mol. The summed E-state index contributed by atoms with van der Waals surface area (Å²) in [5.74, 6) is -2.62. The van der Waals surface area contributed by atoms with Crippen LogP contribution in [0.2, 0.25) is 0 Å². The van der Waals surface area contributed by atoms with Crippen molar-refractivity contribution >= 4 is 11.9 Å². The van der Waals surface area contributed by atoms with Crippen LogP contribution in [0.5, 0.6) is 0 Å². The Bertz CT molecular complexity index is 312. The van der Waals surface area contributed by atoms with Crippen LogP contribution in [-0.4, -0.2) is 34.2 Å². The fraction of sp³-hybridized carbons (Fsp3) is 0.733. The Morgan fingerprint density at radius 1 is 0.800 bits per heavy atom. The third-order valence-electron chi connectivity index (χ3n) is 3.72. The van der Waals surface area contributed by atoms with Gasteiger partial charge in [-0.25, -0.2) is 12.1 Å². The van der Waals surface area contributed by atoms with Crippen molar-refractivity contribution in [3.05, 3.63) is 12.1 Å². The second kappa shape index (κ2) is 17.6. The van der Waals surface area contributed by atoms with Gasteiger partial charge in [0.25, 0.3) is 0 Å². The molecule has 2 aliphatic carbocycles. The number of carboxylic acids is 2. The molecule has 0 aromatic heterocycles. The SMILES string of the molecule is N[C-]1CCCCC1N.N[C-]1CCCCC1N.O=C(O)CC(=O)O.[Pt].[Pt]. The topological polar surface area (TPSA) is 179 Å². The van der Waals surface area contributed by atoms with Gasteiger partial charge in [0.15, 0.2) is 0 Å². The molecule has 0 amide bonds. The molecular formula is C15H30N4O4Pt2-2. The van der Waals surface area contributed by atoms with E-state index in [0.717, 1.165) is 37.8 Å². The molecule has 2 fully saturated rings. The van der Waals surface area contributed by atoms with Gasteiger partial charge in [0.05, 0.1) is 0 Å². The molecule has 156 valence electrons. The summed E-state index contributed by atoms with van der Waals surface area (Å²) in [6.07, 6.45) is 8.43. The molecule has 2 aliphatic rings. The van der Waals surface area contributed by atoms with Crippen molar-refractivity contribution in [3.8, 4) is 0 Å². The maximum absolute atomic E-state index is 9.43. The summed E-state index contributed by atoms with van der Waals surface area (Å²) in [6, 6.07) is 2.39. The van der Waals surface area contributed by atoms with Crippen LogP contribution in [0.25, 0.3) is 0 Å². The fourth-order valence-electron chi connectivity index (χ4n) is 2.26. The van der Waals surface area contributed by atoms with Gasteiger partial charge in [0.1, 0.15) is 6.42 Å². The fourth-order valence-corrected chi connectivity index (χ4v) is 2.26. The third kappa shape index (κ3) is 17.3. The van der Waals surface area contributed by atoms with Crippen LogP contribution in [0, 0.1) is 12.1 Å². The molecule has 0 radical (unpaired) electrons. The smallest absolute Gasteiger partial charge is 0.314 e. The van der Waals surface area contributed by atoms with E-state index in [4.69, 9.17) is 33.1 Å². The molecule has 0 bridgehead atoms. The van der Waals surface area contributed by atoms with Crippen molar-refractivity contribution in [3.63, 3.8) is 0 Å². The summed E-state index contributed by atoms with van der Waals surface area (Å²) in [6.45, 7) is 0. The molecule has 0 saturated heterocycles. The number of carbonyl (C=O) groups is 2. The molecule has 10 N–H and O–H groups in total. The van der Waals surface area contributed by atoms with Crippen molar-refractivity contribution in [1.29, 1.82) is 0 Å². The molecule has 0 aliphatic heterocycles. The first kappa shape index (κ1) is 29.9. The van der Waals surface area contributed by atoms with Crippen molar-refractivity contribution in [1.82, 2.24) is 0 Å². The molecule has 0 aromatic carbocycles. The Morgan fingerprint density at radius 2 is 1.12 bits per heavy atom. The number of rotatable bonds is 2. The van der Waals surface area contributed by atoms with E-state index in [1.165, 1.54) is 25.7 Å². The van der Waals surface area contributed by atoms with Crippen molar-refractivity contribution in [2.45, 2.75) is 69.9 Å². The second-order valence-electron chi connectivity index (χ2n) is 5.82. The summed E-state index contributed by atoms with van der Waals surface area (Å²) in [4.78, 5) is 18.9. The van der Waals surface area contributed by atoms with Gasteiger partial charge in [0.2, 0.25) is 0 Å². The van der Waals surface area contributed by atoms with E-state index >= 15 is 0 Å². The molecule has 10 heteroatoms. The number of nitrogens with two attached hydrogens (primary N) is 4. The number of carboxylic acid groups (broad SMARTS) is 2. The molecule has 0 heterocycles. The van der Waals surface area contributed by atoms with Gasteiger partial charge >= 0.3 is 11.9 Å². The Morgan fingerprint density at radius 3 is 1.24 bits per heavy atom. The summed E-state index contributed by atoms with van der Waals surface area (Å²) in [5, 5.41) is 15.4. The van der Waals surface area contributed by atoms with E-state index in [9.17, 15) is 9.59 Å². The molecule has 2 rings (SSSR count). The van der Waals surface area contributed by atoms with Crippen LogP contribution in [0.4, 0.5) is 0 Å². The molecule has 0 spiro atoms. The van der Waals surface area contributed by atoms with Crippen molar-refractivity contribution in [2.75, 3.05) is 0 Å². The molecule has 2 atom stereocenters. The monoisotopic (exact) mass is 720 g/mol. The van der Waals surface area contributed by atoms with Crippen LogP contribution in [0.1, 0.15) is 57.8 Å². The first-order valence-corrected chi connectivity index (χ1v) is 7.91. The molecule has 2 unspecified atom stereocenters. The van der Waals surface area contributed by atoms with Crippen LogP contribution in [-0.2, 0) is 51.7 Å². The van der Waals surface area contributed by atoms with Crippen molar-refractivity contribution < 1.29 is 61.9 Å². The zero-order valence-corrected chi connectivity index (χ0v) is 18.7. The molecular weight excluding hydrogens is 690 g/mol. The van der Waals surface area contributed by atoms with Crippen LogP contribution in [0.15, 0.2) is 0 Å². The van der Waals surface area contributed by atoms with Gasteiger partial charge in [0, 0.05) is 42.1 Å². The van der Waals surface area contributed by atoms with Gasteiger partial charge in [-0.05, 0) is 0 Å². The number of aliphatic carboxylic acids is 2. The number of hydrogen-bond donors (Lipinski definition) is 6. The minimum absolute atomic E-state index is 0. The summed E-state index contributed by atoms with van der Waals surface area (Å²) >= 11 is 0. The van der Waals surface area contributed by atoms with Crippen LogP contribution >= 0.6 is 0 Å². The standard InChI is InChI=1S/2C6H13N2.C3H4O4.2Pt/c2*7-5-3-1-2-4-6(5)8;4-2(5)1-3(6)7;;/h2*5H,1-4,7-8H2;1H2,(H,4,5)(H,6,7);;/q2*-1;;;. The zero-order chi connectivity index (χ0) is 17.8. The van der Waals surface area contributed by atoms with Gasteiger partial charge in [-0.2, -0.15) is 12.8 Å². The predicted octanol–water partition coefficient (Wildman–Crippen LogP) is 0.297. The van der Waals surface area contributed by atoms with E-state index in [1.807, 2.05) is 0 Å². The van der Waals surface area contributed by atoms with Gasteiger partial charge < -0.3 is 33.1 Å². The summed E-state index contributed by atoms with van der Waals surface area (Å²) in [7, 11) is 0. The Kier molecular flexibility index (Phi) is 21.0. The molecule has 25 heavy (non-hydrogen) atoms.